The Hall–Kier alpha value is -1.91. The van der Waals surface area contributed by atoms with Crippen LogP contribution in [0.25, 0.3) is 0 Å². The molecule has 0 atom stereocenters. The van der Waals surface area contributed by atoms with Crippen molar-refractivity contribution in [1.29, 1.82) is 0 Å². The van der Waals surface area contributed by atoms with Crippen LogP contribution in [0.1, 0.15) is 26.3 Å². The maximum absolute atomic E-state index is 11.5. The van der Waals surface area contributed by atoms with Crippen molar-refractivity contribution in [2.45, 2.75) is 32.9 Å². The summed E-state index contributed by atoms with van der Waals surface area (Å²) in [6.07, 6.45) is -0.445. The Morgan fingerprint density at radius 2 is 2.17 bits per heavy atom. The van der Waals surface area contributed by atoms with Crippen molar-refractivity contribution in [2.24, 2.45) is 0 Å². The van der Waals surface area contributed by atoms with E-state index in [1.54, 1.807) is 0 Å². The number of rotatable bonds is 2. The van der Waals surface area contributed by atoms with Crippen LogP contribution in [-0.4, -0.2) is 18.5 Å². The van der Waals surface area contributed by atoms with E-state index in [1.165, 1.54) is 0 Å². The van der Waals surface area contributed by atoms with Crippen LogP contribution in [0.15, 0.2) is 18.2 Å². The van der Waals surface area contributed by atoms with Gasteiger partial charge in [-0.2, -0.15) is 0 Å². The number of alkyl carbamates (subject to hydrolysis) is 1. The standard InChI is InChI=1S/C13H17NO4/c1-13(2,3)18-12(15)14-7-9-5-4-6-10-11(9)17-8-16-10/h4-6H,7-8H2,1-3H3,(H,14,15). The Labute approximate surface area is 106 Å². The van der Waals surface area contributed by atoms with E-state index in [4.69, 9.17) is 14.2 Å². The first-order valence-electron chi connectivity index (χ1n) is 5.80. The number of amides is 1. The number of hydrogen-bond acceptors (Lipinski definition) is 4. The number of hydrogen-bond donors (Lipinski definition) is 1. The third kappa shape index (κ3) is 3.06. The second-order valence-corrected chi connectivity index (χ2v) is 5.01. The zero-order chi connectivity index (χ0) is 13.2. The minimum absolute atomic E-state index is 0.221. The molecule has 0 aliphatic carbocycles. The topological polar surface area (TPSA) is 56.8 Å². The molecule has 0 saturated heterocycles. The highest BCUT2D eigenvalue weighted by Gasteiger charge is 2.19. The van der Waals surface area contributed by atoms with Crippen molar-refractivity contribution in [3.63, 3.8) is 0 Å². The lowest BCUT2D eigenvalue weighted by molar-refractivity contribution is 0.0523. The van der Waals surface area contributed by atoms with Gasteiger partial charge in [-0.25, -0.2) is 4.79 Å². The molecule has 0 unspecified atom stereocenters. The second kappa shape index (κ2) is 4.76. The summed E-state index contributed by atoms with van der Waals surface area (Å²) in [7, 11) is 0. The molecule has 1 heterocycles. The molecule has 0 fully saturated rings. The fourth-order valence-corrected chi connectivity index (χ4v) is 1.61. The summed E-state index contributed by atoms with van der Waals surface area (Å²) >= 11 is 0. The van der Waals surface area contributed by atoms with Crippen LogP contribution in [0, 0.1) is 0 Å². The Morgan fingerprint density at radius 3 is 2.89 bits per heavy atom. The first-order valence-corrected chi connectivity index (χ1v) is 5.80. The van der Waals surface area contributed by atoms with Gasteiger partial charge in [-0.3, -0.25) is 0 Å². The minimum atomic E-state index is -0.498. The predicted octanol–water partition coefficient (Wildman–Crippen LogP) is 2.44. The highest BCUT2D eigenvalue weighted by Crippen LogP contribution is 2.35. The molecular formula is C13H17NO4. The van der Waals surface area contributed by atoms with E-state index in [1.807, 2.05) is 39.0 Å². The van der Waals surface area contributed by atoms with E-state index in [-0.39, 0.29) is 6.79 Å². The van der Waals surface area contributed by atoms with Crippen molar-refractivity contribution in [3.05, 3.63) is 23.8 Å². The van der Waals surface area contributed by atoms with E-state index >= 15 is 0 Å². The zero-order valence-electron chi connectivity index (χ0n) is 10.8. The number of carbonyl (C=O) groups excluding carboxylic acids is 1. The van der Waals surface area contributed by atoms with Crippen molar-refractivity contribution < 1.29 is 19.0 Å². The van der Waals surface area contributed by atoms with E-state index in [2.05, 4.69) is 5.32 Å². The molecule has 0 aromatic heterocycles. The van der Waals surface area contributed by atoms with Crippen molar-refractivity contribution in [3.8, 4) is 11.5 Å². The van der Waals surface area contributed by atoms with Gasteiger partial charge < -0.3 is 19.5 Å². The highest BCUT2D eigenvalue weighted by atomic mass is 16.7. The van der Waals surface area contributed by atoms with Gasteiger partial charge in [0.1, 0.15) is 5.60 Å². The number of ether oxygens (including phenoxy) is 3. The molecule has 1 aromatic carbocycles. The van der Waals surface area contributed by atoms with Crippen LogP contribution in [0.2, 0.25) is 0 Å². The van der Waals surface area contributed by atoms with Gasteiger partial charge in [-0.05, 0) is 26.8 Å². The molecule has 5 nitrogen and oxygen atoms in total. The minimum Gasteiger partial charge on any atom is -0.454 e. The van der Waals surface area contributed by atoms with Crippen molar-refractivity contribution in [2.75, 3.05) is 6.79 Å². The molecule has 0 saturated carbocycles. The van der Waals surface area contributed by atoms with Gasteiger partial charge in [-0.1, -0.05) is 12.1 Å². The van der Waals surface area contributed by atoms with Gasteiger partial charge in [0.15, 0.2) is 11.5 Å². The Balaban J connectivity index is 1.95. The summed E-state index contributed by atoms with van der Waals surface area (Å²) in [6, 6.07) is 5.57. The molecule has 98 valence electrons. The van der Waals surface area contributed by atoms with Crippen LogP contribution < -0.4 is 14.8 Å². The van der Waals surface area contributed by atoms with Crippen LogP contribution in [-0.2, 0) is 11.3 Å². The van der Waals surface area contributed by atoms with E-state index in [0.29, 0.717) is 18.0 Å². The van der Waals surface area contributed by atoms with Crippen LogP contribution in [0.3, 0.4) is 0 Å². The molecule has 1 N–H and O–H groups in total. The summed E-state index contributed by atoms with van der Waals surface area (Å²) in [5.41, 5.74) is 0.373. The van der Waals surface area contributed by atoms with E-state index < -0.39 is 11.7 Å². The number of benzene rings is 1. The van der Waals surface area contributed by atoms with Crippen LogP contribution in [0.5, 0.6) is 11.5 Å². The molecule has 0 radical (unpaired) electrons. The average Bonchev–Trinajstić information content (AvgIpc) is 2.72. The summed E-state index contributed by atoms with van der Waals surface area (Å²) < 4.78 is 15.8. The number of nitrogens with one attached hydrogen (secondary N) is 1. The fourth-order valence-electron chi connectivity index (χ4n) is 1.61. The molecular weight excluding hydrogens is 234 g/mol. The molecule has 0 bridgehead atoms. The first kappa shape index (κ1) is 12.5. The number of carbonyl (C=O) groups is 1. The predicted molar refractivity (Wildman–Crippen MR) is 65.6 cm³/mol. The third-order valence-electron chi connectivity index (χ3n) is 2.30. The Morgan fingerprint density at radius 1 is 1.39 bits per heavy atom. The monoisotopic (exact) mass is 251 g/mol. The van der Waals surface area contributed by atoms with Crippen LogP contribution >= 0.6 is 0 Å². The molecule has 1 aliphatic rings. The maximum atomic E-state index is 11.5. The number of fused-ring (bicyclic) bond motifs is 1. The Kier molecular flexibility index (Phi) is 3.32. The van der Waals surface area contributed by atoms with Gasteiger partial charge in [0.25, 0.3) is 0 Å². The number of para-hydroxylation sites is 1. The quantitative estimate of drug-likeness (QED) is 0.877. The normalized spacial score (nSPS) is 13.3. The van der Waals surface area contributed by atoms with Gasteiger partial charge in [-0.15, -0.1) is 0 Å². The molecule has 1 aliphatic heterocycles. The summed E-state index contributed by atoms with van der Waals surface area (Å²) in [5.74, 6) is 1.40. The van der Waals surface area contributed by atoms with Gasteiger partial charge >= 0.3 is 6.09 Å². The fraction of sp³-hybridized carbons (Fsp3) is 0.462. The molecule has 2 rings (SSSR count). The molecule has 0 spiro atoms. The summed E-state index contributed by atoms with van der Waals surface area (Å²) in [6.45, 7) is 6.04. The van der Waals surface area contributed by atoms with E-state index in [9.17, 15) is 4.79 Å². The second-order valence-electron chi connectivity index (χ2n) is 5.01. The zero-order valence-corrected chi connectivity index (χ0v) is 10.8. The molecule has 5 heteroatoms. The molecule has 1 amide bonds. The first-order chi connectivity index (χ1) is 8.46. The summed E-state index contributed by atoms with van der Waals surface area (Å²) in [4.78, 5) is 11.5. The smallest absolute Gasteiger partial charge is 0.407 e. The molecule has 18 heavy (non-hydrogen) atoms. The van der Waals surface area contributed by atoms with Crippen molar-refractivity contribution in [1.82, 2.24) is 5.32 Å². The van der Waals surface area contributed by atoms with Crippen LogP contribution in [0.4, 0.5) is 4.79 Å². The maximum Gasteiger partial charge on any atom is 0.407 e. The summed E-state index contributed by atoms with van der Waals surface area (Å²) in [5, 5.41) is 2.69. The average molecular weight is 251 g/mol. The largest absolute Gasteiger partial charge is 0.454 e. The van der Waals surface area contributed by atoms with Gasteiger partial charge in [0.05, 0.1) is 0 Å². The lowest BCUT2D eigenvalue weighted by atomic mass is 10.2. The third-order valence-corrected chi connectivity index (χ3v) is 2.30. The van der Waals surface area contributed by atoms with Crippen molar-refractivity contribution >= 4 is 6.09 Å². The lowest BCUT2D eigenvalue weighted by Gasteiger charge is -2.19. The lowest BCUT2D eigenvalue weighted by Crippen LogP contribution is -2.32. The van der Waals surface area contributed by atoms with Gasteiger partial charge in [0, 0.05) is 12.1 Å². The highest BCUT2D eigenvalue weighted by molar-refractivity contribution is 5.68. The SMILES string of the molecule is CC(C)(C)OC(=O)NCc1cccc2c1OCO2. The Bertz CT molecular complexity index is 451. The van der Waals surface area contributed by atoms with Gasteiger partial charge in [0.2, 0.25) is 6.79 Å². The van der Waals surface area contributed by atoms with E-state index in [0.717, 1.165) is 5.56 Å². The molecule has 1 aromatic rings.